The van der Waals surface area contributed by atoms with E-state index in [4.69, 9.17) is 16.7 Å². The number of aliphatic carboxylic acids is 1. The van der Waals surface area contributed by atoms with E-state index in [0.717, 1.165) is 6.20 Å². The van der Waals surface area contributed by atoms with Crippen LogP contribution in [0.1, 0.15) is 17.6 Å². The molecular formula is C8H5ClF2INO2. The highest BCUT2D eigenvalue weighted by Crippen LogP contribution is 2.32. The third kappa shape index (κ3) is 2.97. The van der Waals surface area contributed by atoms with Gasteiger partial charge >= 0.3 is 5.97 Å². The van der Waals surface area contributed by atoms with Gasteiger partial charge in [0.05, 0.1) is 11.4 Å². The van der Waals surface area contributed by atoms with Gasteiger partial charge in [0.25, 0.3) is 6.43 Å². The summed E-state index contributed by atoms with van der Waals surface area (Å²) in [7, 11) is 0. The number of aromatic nitrogens is 1. The lowest BCUT2D eigenvalue weighted by Gasteiger charge is -2.09. The summed E-state index contributed by atoms with van der Waals surface area (Å²) in [5.74, 6) is -1.20. The molecule has 0 saturated heterocycles. The molecule has 0 radical (unpaired) electrons. The third-order valence-corrected chi connectivity index (χ3v) is 3.18. The first-order valence-electron chi connectivity index (χ1n) is 3.76. The molecule has 7 heteroatoms. The van der Waals surface area contributed by atoms with Crippen LogP contribution in [0.15, 0.2) is 6.20 Å². The summed E-state index contributed by atoms with van der Waals surface area (Å²) in [6.45, 7) is 0. The normalized spacial score (nSPS) is 10.7. The topological polar surface area (TPSA) is 50.2 Å². The van der Waals surface area contributed by atoms with Crippen LogP contribution in [0, 0.1) is 3.70 Å². The number of carboxylic acids is 1. The van der Waals surface area contributed by atoms with Gasteiger partial charge in [0, 0.05) is 11.8 Å². The number of nitrogens with zero attached hydrogens (tertiary/aromatic N) is 1. The summed E-state index contributed by atoms with van der Waals surface area (Å²) >= 11 is 7.34. The minimum atomic E-state index is -2.80. The quantitative estimate of drug-likeness (QED) is 0.676. The van der Waals surface area contributed by atoms with Crippen LogP contribution in [0.2, 0.25) is 5.02 Å². The van der Waals surface area contributed by atoms with Crippen molar-refractivity contribution in [2.24, 2.45) is 0 Å². The number of halogens is 4. The summed E-state index contributed by atoms with van der Waals surface area (Å²) < 4.78 is 25.5. The fourth-order valence-electron chi connectivity index (χ4n) is 1.05. The summed E-state index contributed by atoms with van der Waals surface area (Å²) in [5, 5.41) is 8.34. The molecule has 0 aliphatic heterocycles. The predicted molar refractivity (Wildman–Crippen MR) is 58.3 cm³/mol. The van der Waals surface area contributed by atoms with E-state index in [1.165, 1.54) is 0 Å². The van der Waals surface area contributed by atoms with Crippen LogP contribution >= 0.6 is 34.2 Å². The van der Waals surface area contributed by atoms with Crippen molar-refractivity contribution in [1.29, 1.82) is 0 Å². The molecule has 0 aliphatic carbocycles. The van der Waals surface area contributed by atoms with Crippen LogP contribution in [0.25, 0.3) is 0 Å². The van der Waals surface area contributed by atoms with Crippen LogP contribution < -0.4 is 0 Å². The van der Waals surface area contributed by atoms with E-state index in [9.17, 15) is 13.6 Å². The van der Waals surface area contributed by atoms with E-state index in [-0.39, 0.29) is 14.3 Å². The number of rotatable bonds is 3. The van der Waals surface area contributed by atoms with Gasteiger partial charge in [-0.15, -0.1) is 0 Å². The van der Waals surface area contributed by atoms with Gasteiger partial charge in [0.15, 0.2) is 0 Å². The van der Waals surface area contributed by atoms with Crippen molar-refractivity contribution in [2.45, 2.75) is 12.8 Å². The molecule has 0 fully saturated rings. The fourth-order valence-corrected chi connectivity index (χ4v) is 1.74. The summed E-state index contributed by atoms with van der Waals surface area (Å²) in [6.07, 6.45) is -2.20. The van der Waals surface area contributed by atoms with E-state index in [1.54, 1.807) is 22.6 Å². The Hall–Kier alpha value is -0.500. The molecule has 0 saturated carbocycles. The molecule has 15 heavy (non-hydrogen) atoms. The number of carboxylic acid groups (broad SMARTS) is 1. The molecule has 1 rings (SSSR count). The van der Waals surface area contributed by atoms with Crippen molar-refractivity contribution >= 4 is 40.2 Å². The second-order valence-electron chi connectivity index (χ2n) is 2.67. The van der Waals surface area contributed by atoms with E-state index < -0.39 is 24.4 Å². The first-order valence-corrected chi connectivity index (χ1v) is 5.22. The number of alkyl halides is 2. The van der Waals surface area contributed by atoms with E-state index in [1.807, 2.05) is 0 Å². The van der Waals surface area contributed by atoms with Crippen molar-refractivity contribution in [3.8, 4) is 0 Å². The summed E-state index contributed by atoms with van der Waals surface area (Å²) in [4.78, 5) is 14.2. The lowest BCUT2D eigenvalue weighted by atomic mass is 10.1. The SMILES string of the molecule is O=C(O)Cc1cnc(I)c(Cl)c1C(F)F. The Balaban J connectivity index is 3.26. The molecule has 0 atom stereocenters. The molecule has 1 N–H and O–H groups in total. The van der Waals surface area contributed by atoms with Gasteiger partial charge < -0.3 is 5.11 Å². The average molecular weight is 347 g/mol. The van der Waals surface area contributed by atoms with E-state index >= 15 is 0 Å². The first-order chi connectivity index (χ1) is 6.93. The Kier molecular flexibility index (Phi) is 4.21. The highest BCUT2D eigenvalue weighted by Gasteiger charge is 2.21. The van der Waals surface area contributed by atoms with Gasteiger partial charge in [-0.05, 0) is 28.2 Å². The lowest BCUT2D eigenvalue weighted by molar-refractivity contribution is -0.136. The monoisotopic (exact) mass is 347 g/mol. The van der Waals surface area contributed by atoms with E-state index in [2.05, 4.69) is 4.98 Å². The molecule has 0 aliphatic rings. The van der Waals surface area contributed by atoms with Gasteiger partial charge in [-0.25, -0.2) is 13.8 Å². The van der Waals surface area contributed by atoms with Crippen LogP contribution in [0.5, 0.6) is 0 Å². The maximum atomic E-state index is 12.6. The molecule has 3 nitrogen and oxygen atoms in total. The Morgan fingerprint density at radius 1 is 1.67 bits per heavy atom. The standard InChI is InChI=1S/C8H5ClF2INO2/c9-6-5(7(10)11)3(1-4(14)15)2-13-8(6)12/h2,7H,1H2,(H,14,15). The highest BCUT2D eigenvalue weighted by molar-refractivity contribution is 14.1. The maximum Gasteiger partial charge on any atom is 0.307 e. The second kappa shape index (κ2) is 5.02. The molecule has 0 spiro atoms. The van der Waals surface area contributed by atoms with Crippen molar-refractivity contribution in [3.05, 3.63) is 26.0 Å². The summed E-state index contributed by atoms with van der Waals surface area (Å²) in [6, 6.07) is 0. The zero-order valence-electron chi connectivity index (χ0n) is 7.18. The molecule has 1 aromatic heterocycles. The Labute approximate surface area is 103 Å². The Bertz CT molecular complexity index is 400. The minimum absolute atomic E-state index is 0.0529. The van der Waals surface area contributed by atoms with Gasteiger partial charge in [-0.2, -0.15) is 0 Å². The fraction of sp³-hybridized carbons (Fsp3) is 0.250. The van der Waals surface area contributed by atoms with Crippen LogP contribution in [0.3, 0.4) is 0 Å². The van der Waals surface area contributed by atoms with E-state index in [0.29, 0.717) is 0 Å². The Morgan fingerprint density at radius 2 is 2.27 bits per heavy atom. The molecule has 0 amide bonds. The molecule has 0 aromatic carbocycles. The second-order valence-corrected chi connectivity index (χ2v) is 4.07. The zero-order valence-corrected chi connectivity index (χ0v) is 10.1. The largest absolute Gasteiger partial charge is 0.481 e. The van der Waals surface area contributed by atoms with Crippen LogP contribution in [-0.2, 0) is 11.2 Å². The molecule has 0 bridgehead atoms. The molecule has 0 unspecified atom stereocenters. The molecule has 1 heterocycles. The van der Waals surface area contributed by atoms with Crippen LogP contribution in [0.4, 0.5) is 8.78 Å². The third-order valence-electron chi connectivity index (χ3n) is 1.66. The minimum Gasteiger partial charge on any atom is -0.481 e. The number of carbonyl (C=O) groups is 1. The maximum absolute atomic E-state index is 12.6. The first kappa shape index (κ1) is 12.6. The van der Waals surface area contributed by atoms with Gasteiger partial charge in [-0.3, -0.25) is 4.79 Å². The number of hydrogen-bond donors (Lipinski definition) is 1. The van der Waals surface area contributed by atoms with Gasteiger partial charge in [-0.1, -0.05) is 11.6 Å². The molecule has 82 valence electrons. The highest BCUT2D eigenvalue weighted by atomic mass is 127. The number of hydrogen-bond acceptors (Lipinski definition) is 2. The zero-order chi connectivity index (χ0) is 11.6. The van der Waals surface area contributed by atoms with Crippen LogP contribution in [-0.4, -0.2) is 16.1 Å². The van der Waals surface area contributed by atoms with Gasteiger partial charge in [0.2, 0.25) is 0 Å². The average Bonchev–Trinajstić information content (AvgIpc) is 2.10. The van der Waals surface area contributed by atoms with Crippen molar-refractivity contribution < 1.29 is 18.7 Å². The molecule has 1 aromatic rings. The summed E-state index contributed by atoms with van der Waals surface area (Å²) in [5.41, 5.74) is -0.499. The Morgan fingerprint density at radius 3 is 2.73 bits per heavy atom. The smallest absolute Gasteiger partial charge is 0.307 e. The van der Waals surface area contributed by atoms with Crippen molar-refractivity contribution in [1.82, 2.24) is 4.98 Å². The predicted octanol–water partition coefficient (Wildman–Crippen LogP) is 2.90. The molecular weight excluding hydrogens is 342 g/mol. The van der Waals surface area contributed by atoms with Crippen molar-refractivity contribution in [3.63, 3.8) is 0 Å². The lowest BCUT2D eigenvalue weighted by Crippen LogP contribution is -2.06. The van der Waals surface area contributed by atoms with Gasteiger partial charge in [0.1, 0.15) is 3.70 Å². The van der Waals surface area contributed by atoms with Crippen molar-refractivity contribution in [2.75, 3.05) is 0 Å². The number of pyridine rings is 1.